The Morgan fingerprint density at radius 2 is 2.17 bits per heavy atom. The summed E-state index contributed by atoms with van der Waals surface area (Å²) in [6.45, 7) is 1.96. The standard InChI is InChI=1S/C11H12N4O.2ClH/c1-2-5-13-9(3-1)11-14-10(15-16-11)8-4-6-12-7-8;;/h1-3,5,8,12H,4,6-7H2;2*1H. The van der Waals surface area contributed by atoms with Gasteiger partial charge in [0.25, 0.3) is 5.89 Å². The van der Waals surface area contributed by atoms with Crippen molar-refractivity contribution in [1.29, 1.82) is 0 Å². The lowest BCUT2D eigenvalue weighted by molar-refractivity contribution is 0.416. The smallest absolute Gasteiger partial charge is 0.276 e. The molecule has 98 valence electrons. The number of nitrogens with one attached hydrogen (secondary N) is 1. The summed E-state index contributed by atoms with van der Waals surface area (Å²) in [5.41, 5.74) is 0.729. The summed E-state index contributed by atoms with van der Waals surface area (Å²) in [5, 5.41) is 7.29. The first kappa shape index (κ1) is 14.9. The molecule has 0 aromatic carbocycles. The Bertz CT molecular complexity index is 471. The summed E-state index contributed by atoms with van der Waals surface area (Å²) < 4.78 is 5.21. The van der Waals surface area contributed by atoms with Gasteiger partial charge < -0.3 is 9.84 Å². The Morgan fingerprint density at radius 1 is 1.28 bits per heavy atom. The largest absolute Gasteiger partial charge is 0.332 e. The van der Waals surface area contributed by atoms with Crippen molar-refractivity contribution < 1.29 is 4.52 Å². The molecule has 0 radical (unpaired) electrons. The SMILES string of the molecule is Cl.Cl.c1ccc(-c2nc(C3CCNC3)no2)nc1. The summed E-state index contributed by atoms with van der Waals surface area (Å²) in [7, 11) is 0. The fourth-order valence-electron chi connectivity index (χ4n) is 1.87. The summed E-state index contributed by atoms with van der Waals surface area (Å²) in [4.78, 5) is 8.56. The fourth-order valence-corrected chi connectivity index (χ4v) is 1.87. The van der Waals surface area contributed by atoms with Gasteiger partial charge in [-0.05, 0) is 25.1 Å². The normalized spacial score (nSPS) is 17.9. The van der Waals surface area contributed by atoms with Crippen molar-refractivity contribution in [2.24, 2.45) is 0 Å². The Morgan fingerprint density at radius 3 is 2.83 bits per heavy atom. The molecule has 3 rings (SSSR count). The molecule has 0 spiro atoms. The average molecular weight is 289 g/mol. The minimum atomic E-state index is 0. The van der Waals surface area contributed by atoms with Gasteiger partial charge in [0.1, 0.15) is 5.69 Å². The predicted molar refractivity (Wildman–Crippen MR) is 72.3 cm³/mol. The quantitative estimate of drug-likeness (QED) is 0.916. The highest BCUT2D eigenvalue weighted by Gasteiger charge is 2.22. The molecule has 2 aromatic rings. The minimum Gasteiger partial charge on any atom is -0.332 e. The van der Waals surface area contributed by atoms with Crippen LogP contribution in [0.4, 0.5) is 0 Å². The van der Waals surface area contributed by atoms with Crippen LogP contribution in [0.3, 0.4) is 0 Å². The number of rotatable bonds is 2. The number of nitrogens with zero attached hydrogens (tertiary/aromatic N) is 3. The van der Waals surface area contributed by atoms with E-state index in [1.165, 1.54) is 0 Å². The zero-order valence-corrected chi connectivity index (χ0v) is 11.2. The van der Waals surface area contributed by atoms with Gasteiger partial charge in [0.05, 0.1) is 0 Å². The second-order valence-electron chi connectivity index (χ2n) is 3.86. The van der Waals surface area contributed by atoms with Crippen molar-refractivity contribution in [2.75, 3.05) is 13.1 Å². The van der Waals surface area contributed by atoms with Crippen molar-refractivity contribution in [1.82, 2.24) is 20.4 Å². The third-order valence-electron chi connectivity index (χ3n) is 2.75. The van der Waals surface area contributed by atoms with Gasteiger partial charge in [0.15, 0.2) is 5.82 Å². The third kappa shape index (κ3) is 2.98. The Kier molecular flexibility index (Phi) is 5.53. The van der Waals surface area contributed by atoms with E-state index in [1.54, 1.807) is 6.20 Å². The van der Waals surface area contributed by atoms with Crippen molar-refractivity contribution in [3.8, 4) is 11.6 Å². The van der Waals surface area contributed by atoms with Crippen LogP contribution >= 0.6 is 24.8 Å². The van der Waals surface area contributed by atoms with Gasteiger partial charge in [0, 0.05) is 18.7 Å². The molecule has 3 heterocycles. The van der Waals surface area contributed by atoms with Crippen LogP contribution in [-0.2, 0) is 0 Å². The van der Waals surface area contributed by atoms with E-state index in [0.717, 1.165) is 31.0 Å². The van der Waals surface area contributed by atoms with E-state index in [9.17, 15) is 0 Å². The monoisotopic (exact) mass is 288 g/mol. The molecule has 2 aromatic heterocycles. The maximum atomic E-state index is 5.21. The summed E-state index contributed by atoms with van der Waals surface area (Å²) in [5.74, 6) is 1.66. The van der Waals surface area contributed by atoms with Crippen molar-refractivity contribution in [3.63, 3.8) is 0 Å². The Hall–Kier alpha value is -1.17. The lowest BCUT2D eigenvalue weighted by Crippen LogP contribution is -2.08. The lowest BCUT2D eigenvalue weighted by Gasteiger charge is -1.98. The average Bonchev–Trinajstić information content (AvgIpc) is 3.01. The molecule has 5 nitrogen and oxygen atoms in total. The van der Waals surface area contributed by atoms with Crippen LogP contribution in [0, 0.1) is 0 Å². The van der Waals surface area contributed by atoms with Gasteiger partial charge in [-0.2, -0.15) is 4.98 Å². The molecule has 18 heavy (non-hydrogen) atoms. The van der Waals surface area contributed by atoms with Crippen molar-refractivity contribution >= 4 is 24.8 Å². The highest BCUT2D eigenvalue weighted by atomic mass is 35.5. The van der Waals surface area contributed by atoms with Crippen LogP contribution in [0.5, 0.6) is 0 Å². The molecule has 1 aliphatic heterocycles. The van der Waals surface area contributed by atoms with Crippen LogP contribution in [0.2, 0.25) is 0 Å². The molecule has 0 bridgehead atoms. The molecule has 1 N–H and O–H groups in total. The fraction of sp³-hybridized carbons (Fsp3) is 0.364. The van der Waals surface area contributed by atoms with Gasteiger partial charge in [-0.1, -0.05) is 11.2 Å². The van der Waals surface area contributed by atoms with Gasteiger partial charge in [-0.25, -0.2) is 0 Å². The Labute approximate surface area is 117 Å². The zero-order valence-electron chi connectivity index (χ0n) is 9.57. The molecule has 7 heteroatoms. The summed E-state index contributed by atoms with van der Waals surface area (Å²) in [6, 6.07) is 5.63. The van der Waals surface area contributed by atoms with Crippen LogP contribution in [0.15, 0.2) is 28.9 Å². The minimum absolute atomic E-state index is 0. The van der Waals surface area contributed by atoms with Gasteiger partial charge in [-0.3, -0.25) is 4.98 Å². The molecule has 1 aliphatic rings. The van der Waals surface area contributed by atoms with E-state index < -0.39 is 0 Å². The van der Waals surface area contributed by atoms with Crippen LogP contribution < -0.4 is 5.32 Å². The van der Waals surface area contributed by atoms with Crippen molar-refractivity contribution in [2.45, 2.75) is 12.3 Å². The lowest BCUT2D eigenvalue weighted by atomic mass is 10.1. The van der Waals surface area contributed by atoms with Gasteiger partial charge >= 0.3 is 0 Å². The van der Waals surface area contributed by atoms with E-state index in [2.05, 4.69) is 20.4 Å². The van der Waals surface area contributed by atoms with E-state index >= 15 is 0 Å². The van der Waals surface area contributed by atoms with Gasteiger partial charge in [-0.15, -0.1) is 24.8 Å². The first-order valence-electron chi connectivity index (χ1n) is 5.39. The van der Waals surface area contributed by atoms with Gasteiger partial charge in [0.2, 0.25) is 0 Å². The van der Waals surface area contributed by atoms with Crippen LogP contribution in [-0.4, -0.2) is 28.2 Å². The number of pyridine rings is 1. The highest BCUT2D eigenvalue weighted by Crippen LogP contribution is 2.22. The second-order valence-corrected chi connectivity index (χ2v) is 3.86. The molecule has 0 amide bonds. The molecule has 1 atom stereocenters. The number of hydrogen-bond donors (Lipinski definition) is 1. The second kappa shape index (κ2) is 6.68. The first-order valence-corrected chi connectivity index (χ1v) is 5.39. The zero-order chi connectivity index (χ0) is 10.8. The maximum absolute atomic E-state index is 5.21. The molecule has 1 fully saturated rings. The number of halogens is 2. The summed E-state index contributed by atoms with van der Waals surface area (Å²) >= 11 is 0. The summed E-state index contributed by atoms with van der Waals surface area (Å²) in [6.07, 6.45) is 2.79. The van der Waals surface area contributed by atoms with E-state index in [-0.39, 0.29) is 24.8 Å². The molecular formula is C11H14Cl2N4O. The van der Waals surface area contributed by atoms with Crippen molar-refractivity contribution in [3.05, 3.63) is 30.2 Å². The van der Waals surface area contributed by atoms with Crippen LogP contribution in [0.25, 0.3) is 11.6 Å². The molecule has 1 unspecified atom stereocenters. The predicted octanol–water partition coefficient (Wildman–Crippen LogP) is 2.05. The van der Waals surface area contributed by atoms with E-state index in [0.29, 0.717) is 11.8 Å². The topological polar surface area (TPSA) is 63.8 Å². The highest BCUT2D eigenvalue weighted by molar-refractivity contribution is 5.85. The van der Waals surface area contributed by atoms with Crippen LogP contribution in [0.1, 0.15) is 18.2 Å². The van der Waals surface area contributed by atoms with E-state index in [1.807, 2.05) is 18.2 Å². The third-order valence-corrected chi connectivity index (χ3v) is 2.75. The Balaban J connectivity index is 0.000000810. The number of hydrogen-bond acceptors (Lipinski definition) is 5. The molecule has 1 saturated heterocycles. The number of aromatic nitrogens is 3. The molecular weight excluding hydrogens is 275 g/mol. The maximum Gasteiger partial charge on any atom is 0.276 e. The van der Waals surface area contributed by atoms with E-state index in [4.69, 9.17) is 4.52 Å². The first-order chi connectivity index (χ1) is 7.93. The molecule has 0 saturated carbocycles. The molecule has 0 aliphatic carbocycles.